The summed E-state index contributed by atoms with van der Waals surface area (Å²) in [6.45, 7) is 0. The number of anilines is 1. The van der Waals surface area contributed by atoms with Crippen molar-refractivity contribution < 1.29 is 4.79 Å². The summed E-state index contributed by atoms with van der Waals surface area (Å²) in [7, 11) is 1.70. The number of carbonyl (C=O) groups is 1. The minimum absolute atomic E-state index is 0.0800. The van der Waals surface area contributed by atoms with Gasteiger partial charge < -0.3 is 10.3 Å². The monoisotopic (exact) mass is 310 g/mol. The number of nitrogens with one attached hydrogen (secondary N) is 2. The molecule has 0 bridgehead atoms. The van der Waals surface area contributed by atoms with E-state index in [9.17, 15) is 9.59 Å². The van der Waals surface area contributed by atoms with Gasteiger partial charge in [-0.25, -0.2) is 24.4 Å². The predicted octanol–water partition coefficient (Wildman–Crippen LogP) is -0.0484. The van der Waals surface area contributed by atoms with Gasteiger partial charge in [-0.15, -0.1) is 0 Å². The number of H-pyrrole nitrogens is 1. The molecule has 0 saturated carbocycles. The highest BCUT2D eigenvalue weighted by atomic mass is 16.2. The molecule has 10 nitrogen and oxygen atoms in total. The molecule has 0 unspecified atom stereocenters. The summed E-state index contributed by atoms with van der Waals surface area (Å²) >= 11 is 0. The van der Waals surface area contributed by atoms with Crippen LogP contribution in [0.5, 0.6) is 0 Å². The average molecular weight is 310 g/mol. The van der Waals surface area contributed by atoms with Crippen molar-refractivity contribution >= 4 is 28.5 Å². The molecule has 0 aliphatic rings. The van der Waals surface area contributed by atoms with Crippen LogP contribution >= 0.6 is 0 Å². The van der Waals surface area contributed by atoms with E-state index in [1.807, 2.05) is 0 Å². The fourth-order valence-electron chi connectivity index (χ4n) is 2.29. The van der Waals surface area contributed by atoms with Gasteiger partial charge in [0.2, 0.25) is 0 Å². The number of aromatic amines is 1. The van der Waals surface area contributed by atoms with Gasteiger partial charge in [0.1, 0.15) is 11.3 Å². The van der Waals surface area contributed by atoms with E-state index in [1.165, 1.54) is 33.7 Å². The Morgan fingerprint density at radius 1 is 1.22 bits per heavy atom. The number of nitrogens with zero attached hydrogens (tertiary/aromatic N) is 6. The van der Waals surface area contributed by atoms with Crippen LogP contribution in [0, 0.1) is 0 Å². The Balaban J connectivity index is 1.75. The normalized spacial score (nSPS) is 11.2. The van der Waals surface area contributed by atoms with Crippen LogP contribution in [-0.2, 0) is 7.05 Å². The van der Waals surface area contributed by atoms with Crippen molar-refractivity contribution in [1.82, 2.24) is 34.1 Å². The second-order valence-corrected chi connectivity index (χ2v) is 4.80. The van der Waals surface area contributed by atoms with Gasteiger partial charge in [0.15, 0.2) is 17.0 Å². The minimum Gasteiger partial charge on any atom is -0.302 e. The van der Waals surface area contributed by atoms with Crippen LogP contribution in [0.1, 0.15) is 10.5 Å². The average Bonchev–Trinajstić information content (AvgIpc) is 3.13. The molecule has 0 aliphatic heterocycles. The molecule has 0 fully saturated rings. The third-order valence-electron chi connectivity index (χ3n) is 3.34. The van der Waals surface area contributed by atoms with Crippen molar-refractivity contribution in [2.45, 2.75) is 0 Å². The number of hydrogen-bond acceptors (Lipinski definition) is 6. The number of hydrogen-bond donors (Lipinski definition) is 2. The van der Waals surface area contributed by atoms with Crippen molar-refractivity contribution in [3.05, 3.63) is 47.0 Å². The van der Waals surface area contributed by atoms with Gasteiger partial charge >= 0.3 is 5.69 Å². The van der Waals surface area contributed by atoms with Crippen LogP contribution in [0.15, 0.2) is 35.6 Å². The lowest BCUT2D eigenvalue weighted by Gasteiger charge is -2.02. The summed E-state index contributed by atoms with van der Waals surface area (Å²) in [6, 6.07) is 1.48. The summed E-state index contributed by atoms with van der Waals surface area (Å²) < 4.78 is 2.82. The molecule has 0 spiro atoms. The Hall–Kier alpha value is -3.56. The van der Waals surface area contributed by atoms with E-state index >= 15 is 0 Å². The summed E-state index contributed by atoms with van der Waals surface area (Å²) in [4.78, 5) is 39.1. The van der Waals surface area contributed by atoms with Crippen molar-refractivity contribution in [2.75, 3.05) is 5.32 Å². The standard InChI is InChI=1S/C13H10N8O2/c1-20-11-9(15-2-3-16-11)10(19-20)18-12(22)7-6-8-14-4-5-21(8)13(23)17-7/h2-6H,1H3,(H,17,23)(H,18,19,22). The van der Waals surface area contributed by atoms with Crippen LogP contribution in [0.25, 0.3) is 16.8 Å². The van der Waals surface area contributed by atoms with E-state index in [4.69, 9.17) is 0 Å². The second-order valence-electron chi connectivity index (χ2n) is 4.80. The topological polar surface area (TPSA) is 123 Å². The molecule has 0 atom stereocenters. The Morgan fingerprint density at radius 2 is 2.04 bits per heavy atom. The minimum atomic E-state index is -0.516. The quantitative estimate of drug-likeness (QED) is 0.535. The van der Waals surface area contributed by atoms with Crippen molar-refractivity contribution in [3.63, 3.8) is 0 Å². The molecular weight excluding hydrogens is 300 g/mol. The number of amides is 1. The van der Waals surface area contributed by atoms with Gasteiger partial charge in [0.25, 0.3) is 5.91 Å². The molecule has 2 N–H and O–H groups in total. The van der Waals surface area contributed by atoms with E-state index in [0.29, 0.717) is 16.8 Å². The molecule has 114 valence electrons. The highest BCUT2D eigenvalue weighted by Crippen LogP contribution is 2.17. The zero-order valence-electron chi connectivity index (χ0n) is 11.9. The Kier molecular flexibility index (Phi) is 2.70. The van der Waals surface area contributed by atoms with Crippen molar-refractivity contribution in [1.29, 1.82) is 0 Å². The zero-order chi connectivity index (χ0) is 16.0. The lowest BCUT2D eigenvalue weighted by molar-refractivity contribution is 0.102. The van der Waals surface area contributed by atoms with Crippen molar-refractivity contribution in [3.8, 4) is 0 Å². The SMILES string of the molecule is Cn1nc(NC(=O)c2cc3nccn3c(=O)[nH]2)c2nccnc21. The maximum Gasteiger partial charge on any atom is 0.331 e. The molecule has 4 aromatic heterocycles. The van der Waals surface area contributed by atoms with E-state index in [0.717, 1.165) is 0 Å². The summed E-state index contributed by atoms with van der Waals surface area (Å²) in [5.41, 5.74) is 1.02. The molecule has 10 heteroatoms. The number of fused-ring (bicyclic) bond motifs is 2. The smallest absolute Gasteiger partial charge is 0.302 e. The van der Waals surface area contributed by atoms with Gasteiger partial charge in [0.05, 0.1) is 0 Å². The number of imidazole rings is 1. The van der Waals surface area contributed by atoms with Gasteiger partial charge in [0, 0.05) is 37.9 Å². The molecule has 4 heterocycles. The summed E-state index contributed by atoms with van der Waals surface area (Å²) in [6.07, 6.45) is 6.04. The zero-order valence-corrected chi connectivity index (χ0v) is 11.9. The number of aromatic nitrogens is 7. The van der Waals surface area contributed by atoms with Gasteiger partial charge in [-0.05, 0) is 0 Å². The number of aryl methyl sites for hydroxylation is 1. The fraction of sp³-hybridized carbons (Fsp3) is 0.0769. The van der Waals surface area contributed by atoms with E-state index < -0.39 is 11.6 Å². The molecule has 4 aromatic rings. The van der Waals surface area contributed by atoms with Crippen LogP contribution < -0.4 is 11.0 Å². The first-order valence-corrected chi connectivity index (χ1v) is 6.65. The Bertz CT molecular complexity index is 1110. The third-order valence-corrected chi connectivity index (χ3v) is 3.34. The van der Waals surface area contributed by atoms with Crippen LogP contribution in [-0.4, -0.2) is 40.0 Å². The highest BCUT2D eigenvalue weighted by molar-refractivity contribution is 6.06. The van der Waals surface area contributed by atoms with Gasteiger partial charge in [-0.1, -0.05) is 0 Å². The molecule has 0 aromatic carbocycles. The number of rotatable bonds is 2. The lowest BCUT2D eigenvalue weighted by Crippen LogP contribution is -2.23. The van der Waals surface area contributed by atoms with Crippen molar-refractivity contribution in [2.24, 2.45) is 7.05 Å². The van der Waals surface area contributed by atoms with Gasteiger partial charge in [-0.3, -0.25) is 9.20 Å². The largest absolute Gasteiger partial charge is 0.331 e. The molecule has 0 aliphatic carbocycles. The van der Waals surface area contributed by atoms with Crippen LogP contribution in [0.3, 0.4) is 0 Å². The summed E-state index contributed by atoms with van der Waals surface area (Å²) in [5, 5.41) is 6.80. The van der Waals surface area contributed by atoms with Crippen LogP contribution in [0.2, 0.25) is 0 Å². The second kappa shape index (κ2) is 4.73. The first kappa shape index (κ1) is 13.1. The summed E-state index contributed by atoms with van der Waals surface area (Å²) in [5.74, 6) is -0.247. The van der Waals surface area contributed by atoms with Crippen LogP contribution in [0.4, 0.5) is 5.82 Å². The Labute approximate surface area is 127 Å². The lowest BCUT2D eigenvalue weighted by atomic mass is 10.3. The molecule has 0 radical (unpaired) electrons. The maximum absolute atomic E-state index is 12.4. The Morgan fingerprint density at radius 3 is 2.91 bits per heavy atom. The molecule has 23 heavy (non-hydrogen) atoms. The van der Waals surface area contributed by atoms with Gasteiger partial charge in [-0.2, -0.15) is 5.10 Å². The van der Waals surface area contributed by atoms with E-state index in [2.05, 4.69) is 30.4 Å². The predicted molar refractivity (Wildman–Crippen MR) is 80.1 cm³/mol. The fourth-order valence-corrected chi connectivity index (χ4v) is 2.29. The van der Waals surface area contributed by atoms with E-state index in [-0.39, 0.29) is 11.5 Å². The highest BCUT2D eigenvalue weighted by Gasteiger charge is 2.16. The first-order chi connectivity index (χ1) is 11.1. The number of carbonyl (C=O) groups excluding carboxylic acids is 1. The molecule has 1 amide bonds. The van der Waals surface area contributed by atoms with E-state index in [1.54, 1.807) is 13.2 Å². The molecule has 0 saturated heterocycles. The molecular formula is C13H10N8O2. The third kappa shape index (κ3) is 2.04. The molecule has 4 rings (SSSR count). The maximum atomic E-state index is 12.4. The first-order valence-electron chi connectivity index (χ1n) is 6.65.